The zero-order valence-corrected chi connectivity index (χ0v) is 17.1. The highest BCUT2D eigenvalue weighted by Gasteiger charge is 2.32. The molecular formula is C19H26ClN5O3. The molecule has 28 heavy (non-hydrogen) atoms. The molecule has 0 aromatic carbocycles. The minimum Gasteiger partial charge on any atom is -0.375 e. The summed E-state index contributed by atoms with van der Waals surface area (Å²) in [7, 11) is 1.72. The van der Waals surface area contributed by atoms with Crippen molar-refractivity contribution >= 4 is 23.2 Å². The van der Waals surface area contributed by atoms with Crippen LogP contribution in [0, 0.1) is 0 Å². The molecule has 2 atom stereocenters. The van der Waals surface area contributed by atoms with E-state index in [9.17, 15) is 9.59 Å². The lowest BCUT2D eigenvalue weighted by atomic mass is 10.0. The van der Waals surface area contributed by atoms with Gasteiger partial charge in [-0.05, 0) is 25.8 Å². The first-order valence-corrected chi connectivity index (χ1v) is 9.89. The highest BCUT2D eigenvalue weighted by Crippen LogP contribution is 2.21. The van der Waals surface area contributed by atoms with Crippen molar-refractivity contribution in [3.05, 3.63) is 45.4 Å². The molecule has 1 saturated heterocycles. The van der Waals surface area contributed by atoms with Crippen LogP contribution in [0.3, 0.4) is 0 Å². The molecule has 2 aromatic rings. The molecule has 0 saturated carbocycles. The number of hydrogen-bond acceptors (Lipinski definition) is 5. The molecule has 9 heteroatoms. The summed E-state index contributed by atoms with van der Waals surface area (Å²) in [6.45, 7) is 5.70. The fourth-order valence-electron chi connectivity index (χ4n) is 3.40. The summed E-state index contributed by atoms with van der Waals surface area (Å²) in [6, 6.07) is 3.39. The smallest absolute Gasteiger partial charge is 0.287 e. The summed E-state index contributed by atoms with van der Waals surface area (Å²) in [4.78, 5) is 33.7. The minimum atomic E-state index is -0.293. The number of carbonyl (C=O) groups excluding carboxylic acids is 1. The van der Waals surface area contributed by atoms with Gasteiger partial charge in [-0.3, -0.25) is 9.59 Å². The monoisotopic (exact) mass is 407 g/mol. The maximum absolute atomic E-state index is 12.6. The largest absolute Gasteiger partial charge is 0.375 e. The minimum absolute atomic E-state index is 0.0534. The number of H-pyrrole nitrogens is 1. The van der Waals surface area contributed by atoms with E-state index in [2.05, 4.69) is 20.2 Å². The van der Waals surface area contributed by atoms with Gasteiger partial charge >= 0.3 is 0 Å². The van der Waals surface area contributed by atoms with Crippen molar-refractivity contribution in [2.24, 2.45) is 7.05 Å². The van der Waals surface area contributed by atoms with E-state index in [0.717, 1.165) is 11.4 Å². The van der Waals surface area contributed by atoms with Gasteiger partial charge in [-0.1, -0.05) is 18.5 Å². The highest BCUT2D eigenvalue weighted by molar-refractivity contribution is 6.30. The maximum Gasteiger partial charge on any atom is 0.287 e. The standard InChI is InChI=1S/C19H26ClN5O3/c1-4-13-17(20)23-18(21-13)19(27)22-14-7-9-25(11-15(14)28-5-2)12-6-8-24(3)16(26)10-12/h6,8,10,14-15H,4-5,7,9,11H2,1-3H3,(H,21,23)(H,22,27). The fraction of sp³-hybridized carbons (Fsp3) is 0.526. The van der Waals surface area contributed by atoms with Gasteiger partial charge in [-0.2, -0.15) is 0 Å². The number of nitrogens with one attached hydrogen (secondary N) is 2. The number of aryl methyl sites for hydroxylation is 2. The summed E-state index contributed by atoms with van der Waals surface area (Å²) in [6.07, 6.45) is 2.94. The normalized spacial score (nSPS) is 19.6. The van der Waals surface area contributed by atoms with Crippen LogP contribution in [0.1, 0.15) is 36.6 Å². The molecule has 2 N–H and O–H groups in total. The summed E-state index contributed by atoms with van der Waals surface area (Å²) in [5, 5.41) is 3.35. The molecular weight excluding hydrogens is 382 g/mol. The molecule has 1 aliphatic heterocycles. The number of carbonyl (C=O) groups is 1. The van der Waals surface area contributed by atoms with Gasteiger partial charge in [0.15, 0.2) is 11.0 Å². The number of halogens is 1. The number of hydrogen-bond donors (Lipinski definition) is 2. The Morgan fingerprint density at radius 3 is 2.89 bits per heavy atom. The van der Waals surface area contributed by atoms with E-state index < -0.39 is 0 Å². The predicted molar refractivity (Wildman–Crippen MR) is 108 cm³/mol. The number of rotatable bonds is 6. The maximum atomic E-state index is 12.6. The lowest BCUT2D eigenvalue weighted by Crippen LogP contribution is -2.55. The Balaban J connectivity index is 1.70. The van der Waals surface area contributed by atoms with Crippen LogP contribution in [0.25, 0.3) is 0 Å². The van der Waals surface area contributed by atoms with Gasteiger partial charge in [0, 0.05) is 44.7 Å². The molecule has 0 radical (unpaired) electrons. The molecule has 3 heterocycles. The van der Waals surface area contributed by atoms with E-state index >= 15 is 0 Å². The average molecular weight is 408 g/mol. The van der Waals surface area contributed by atoms with Crippen LogP contribution in [0.15, 0.2) is 23.1 Å². The van der Waals surface area contributed by atoms with Gasteiger partial charge in [0.2, 0.25) is 0 Å². The fourth-order valence-corrected chi connectivity index (χ4v) is 3.67. The SMILES string of the molecule is CCOC1CN(c2ccn(C)c(=O)c2)CCC1NC(=O)c1nc(Cl)c(CC)[nH]1. The van der Waals surface area contributed by atoms with E-state index in [0.29, 0.717) is 37.7 Å². The Hall–Kier alpha value is -2.32. The Morgan fingerprint density at radius 2 is 2.25 bits per heavy atom. The number of aromatic nitrogens is 3. The summed E-state index contributed by atoms with van der Waals surface area (Å²) in [5.41, 5.74) is 1.55. The average Bonchev–Trinajstić information content (AvgIpc) is 3.06. The molecule has 1 fully saturated rings. The molecule has 1 aliphatic rings. The van der Waals surface area contributed by atoms with E-state index in [-0.39, 0.29) is 29.4 Å². The lowest BCUT2D eigenvalue weighted by Gasteiger charge is -2.39. The van der Waals surface area contributed by atoms with Crippen molar-refractivity contribution in [3.8, 4) is 0 Å². The Kier molecular flexibility index (Phi) is 6.41. The third-order valence-corrected chi connectivity index (χ3v) is 5.32. The van der Waals surface area contributed by atoms with Gasteiger partial charge < -0.3 is 24.5 Å². The number of aromatic amines is 1. The molecule has 2 aromatic heterocycles. The van der Waals surface area contributed by atoms with E-state index in [1.807, 2.05) is 19.9 Å². The first kappa shape index (κ1) is 20.4. The van der Waals surface area contributed by atoms with Crippen molar-refractivity contribution in [2.75, 3.05) is 24.6 Å². The Morgan fingerprint density at radius 1 is 1.46 bits per heavy atom. The topological polar surface area (TPSA) is 92.2 Å². The number of nitrogens with zero attached hydrogens (tertiary/aromatic N) is 3. The molecule has 0 aliphatic carbocycles. The highest BCUT2D eigenvalue weighted by atomic mass is 35.5. The van der Waals surface area contributed by atoms with Crippen molar-refractivity contribution in [1.82, 2.24) is 19.9 Å². The number of imidazole rings is 1. The second-order valence-electron chi connectivity index (χ2n) is 6.85. The van der Waals surface area contributed by atoms with Crippen molar-refractivity contribution in [2.45, 2.75) is 38.8 Å². The molecule has 3 rings (SSSR count). The summed E-state index contributed by atoms with van der Waals surface area (Å²) in [5.74, 6) is -0.0792. The predicted octanol–water partition coefficient (Wildman–Crippen LogP) is 1.74. The van der Waals surface area contributed by atoms with Crippen LogP contribution in [0.4, 0.5) is 5.69 Å². The lowest BCUT2D eigenvalue weighted by molar-refractivity contribution is 0.0271. The Labute approximate surface area is 168 Å². The van der Waals surface area contributed by atoms with E-state index in [4.69, 9.17) is 16.3 Å². The van der Waals surface area contributed by atoms with E-state index in [1.54, 1.807) is 19.3 Å². The van der Waals surface area contributed by atoms with Crippen molar-refractivity contribution < 1.29 is 9.53 Å². The van der Waals surface area contributed by atoms with E-state index in [1.165, 1.54) is 4.57 Å². The second-order valence-corrected chi connectivity index (χ2v) is 7.21. The van der Waals surface area contributed by atoms with Gasteiger partial charge in [-0.15, -0.1) is 0 Å². The van der Waals surface area contributed by atoms with Crippen LogP contribution in [0.5, 0.6) is 0 Å². The zero-order chi connectivity index (χ0) is 20.3. The molecule has 8 nitrogen and oxygen atoms in total. The summed E-state index contributed by atoms with van der Waals surface area (Å²) < 4.78 is 7.43. The van der Waals surface area contributed by atoms with Crippen molar-refractivity contribution in [1.29, 1.82) is 0 Å². The number of amides is 1. The van der Waals surface area contributed by atoms with Gasteiger partial charge in [-0.25, -0.2) is 4.98 Å². The third kappa shape index (κ3) is 4.39. The molecule has 1 amide bonds. The first-order valence-electron chi connectivity index (χ1n) is 9.51. The number of pyridine rings is 1. The second kappa shape index (κ2) is 8.79. The van der Waals surface area contributed by atoms with Crippen molar-refractivity contribution in [3.63, 3.8) is 0 Å². The molecule has 0 spiro atoms. The molecule has 0 bridgehead atoms. The Bertz CT molecular complexity index is 894. The number of piperidine rings is 1. The molecule has 2 unspecified atom stereocenters. The van der Waals surface area contributed by atoms with Crippen LogP contribution in [0.2, 0.25) is 5.15 Å². The van der Waals surface area contributed by atoms with Crippen LogP contribution >= 0.6 is 11.6 Å². The van der Waals surface area contributed by atoms with Gasteiger partial charge in [0.25, 0.3) is 11.5 Å². The molecule has 152 valence electrons. The van der Waals surface area contributed by atoms with Gasteiger partial charge in [0.1, 0.15) is 0 Å². The number of ether oxygens (including phenoxy) is 1. The van der Waals surface area contributed by atoms with Gasteiger partial charge in [0.05, 0.1) is 17.8 Å². The number of anilines is 1. The zero-order valence-electron chi connectivity index (χ0n) is 16.4. The third-order valence-electron chi connectivity index (χ3n) is 5.01. The van der Waals surface area contributed by atoms with Crippen LogP contribution < -0.4 is 15.8 Å². The summed E-state index contributed by atoms with van der Waals surface area (Å²) >= 11 is 6.04. The quantitative estimate of drug-likeness (QED) is 0.760. The van der Waals surface area contributed by atoms with Crippen LogP contribution in [-0.4, -0.2) is 52.3 Å². The first-order chi connectivity index (χ1) is 13.4. The van der Waals surface area contributed by atoms with Crippen LogP contribution in [-0.2, 0) is 18.2 Å².